The monoisotopic (exact) mass is 428 g/mol. The summed E-state index contributed by atoms with van der Waals surface area (Å²) in [6.07, 6.45) is 1.84. The molecular weight excluding hydrogens is 408 g/mol. The van der Waals surface area contributed by atoms with Crippen LogP contribution in [0, 0.1) is 6.92 Å². The molecule has 1 aliphatic heterocycles. The summed E-state index contributed by atoms with van der Waals surface area (Å²) in [5, 5.41) is 9.86. The van der Waals surface area contributed by atoms with E-state index >= 15 is 0 Å². The third-order valence-corrected chi connectivity index (χ3v) is 5.95. The SMILES string of the molecule is Cc1ccc(N=C2S/C(=C\c3cccc(-c4cccc(C(=O)O)c4)c3)C(=O)N2C)cc1. The lowest BCUT2D eigenvalue weighted by Crippen LogP contribution is -2.23. The first-order valence-corrected chi connectivity index (χ1v) is 10.5. The van der Waals surface area contributed by atoms with E-state index in [0.717, 1.165) is 27.9 Å². The molecule has 4 rings (SSSR count). The average Bonchev–Trinajstić information content (AvgIpc) is 3.03. The number of nitrogens with zero attached hydrogens (tertiary/aromatic N) is 2. The van der Waals surface area contributed by atoms with Crippen LogP contribution in [-0.2, 0) is 4.79 Å². The van der Waals surface area contributed by atoms with E-state index in [2.05, 4.69) is 4.99 Å². The minimum Gasteiger partial charge on any atom is -0.478 e. The highest BCUT2D eigenvalue weighted by atomic mass is 32.2. The number of aromatic carboxylic acids is 1. The molecule has 0 aromatic heterocycles. The molecule has 6 heteroatoms. The van der Waals surface area contributed by atoms with Crippen LogP contribution in [-0.4, -0.2) is 34.1 Å². The van der Waals surface area contributed by atoms with Crippen molar-refractivity contribution in [3.63, 3.8) is 0 Å². The number of hydrogen-bond donors (Lipinski definition) is 1. The molecule has 1 fully saturated rings. The van der Waals surface area contributed by atoms with Crippen molar-refractivity contribution in [2.24, 2.45) is 4.99 Å². The first-order valence-electron chi connectivity index (χ1n) is 9.67. The Kier molecular flexibility index (Phi) is 5.73. The summed E-state index contributed by atoms with van der Waals surface area (Å²) in [5.41, 5.74) is 4.75. The molecule has 0 bridgehead atoms. The van der Waals surface area contributed by atoms with Gasteiger partial charge in [-0.2, -0.15) is 0 Å². The summed E-state index contributed by atoms with van der Waals surface area (Å²) < 4.78 is 0. The number of aryl methyl sites for hydroxylation is 1. The van der Waals surface area contributed by atoms with Gasteiger partial charge in [0, 0.05) is 7.05 Å². The number of amidine groups is 1. The fraction of sp³-hybridized carbons (Fsp3) is 0.0800. The highest BCUT2D eigenvalue weighted by molar-refractivity contribution is 8.18. The number of carbonyl (C=O) groups excluding carboxylic acids is 1. The molecule has 1 heterocycles. The molecule has 5 nitrogen and oxygen atoms in total. The topological polar surface area (TPSA) is 70.0 Å². The zero-order valence-electron chi connectivity index (χ0n) is 17.1. The molecule has 154 valence electrons. The van der Waals surface area contributed by atoms with Crippen LogP contribution in [0.15, 0.2) is 82.7 Å². The number of likely N-dealkylation sites (N-methyl/N-ethyl adjacent to an activating group) is 1. The van der Waals surface area contributed by atoms with Crippen LogP contribution in [0.3, 0.4) is 0 Å². The molecule has 0 atom stereocenters. The second kappa shape index (κ2) is 8.62. The lowest BCUT2D eigenvalue weighted by molar-refractivity contribution is -0.121. The number of aliphatic imine (C=N–C) groups is 1. The van der Waals surface area contributed by atoms with Gasteiger partial charge in [-0.3, -0.25) is 9.69 Å². The van der Waals surface area contributed by atoms with Gasteiger partial charge in [0.25, 0.3) is 5.91 Å². The van der Waals surface area contributed by atoms with E-state index < -0.39 is 5.97 Å². The van der Waals surface area contributed by atoms with Crippen LogP contribution in [0.4, 0.5) is 5.69 Å². The Morgan fingerprint density at radius 2 is 1.68 bits per heavy atom. The summed E-state index contributed by atoms with van der Waals surface area (Å²) >= 11 is 1.34. The predicted octanol–water partition coefficient (Wildman–Crippen LogP) is 5.59. The van der Waals surface area contributed by atoms with E-state index in [1.165, 1.54) is 11.8 Å². The normalized spacial score (nSPS) is 16.3. The van der Waals surface area contributed by atoms with Gasteiger partial charge in [0.05, 0.1) is 16.2 Å². The van der Waals surface area contributed by atoms with Crippen LogP contribution >= 0.6 is 11.8 Å². The fourth-order valence-electron chi connectivity index (χ4n) is 3.17. The summed E-state index contributed by atoms with van der Waals surface area (Å²) in [7, 11) is 1.72. The van der Waals surface area contributed by atoms with Crippen molar-refractivity contribution in [2.75, 3.05) is 7.05 Å². The van der Waals surface area contributed by atoms with Gasteiger partial charge < -0.3 is 5.11 Å². The lowest BCUT2D eigenvalue weighted by Gasteiger charge is -2.07. The molecule has 0 aliphatic carbocycles. The lowest BCUT2D eigenvalue weighted by atomic mass is 10.0. The minimum atomic E-state index is -0.962. The van der Waals surface area contributed by atoms with E-state index in [1.54, 1.807) is 30.1 Å². The second-order valence-electron chi connectivity index (χ2n) is 7.22. The largest absolute Gasteiger partial charge is 0.478 e. The smallest absolute Gasteiger partial charge is 0.335 e. The van der Waals surface area contributed by atoms with Crippen molar-refractivity contribution in [3.8, 4) is 11.1 Å². The molecule has 0 spiro atoms. The summed E-state index contributed by atoms with van der Waals surface area (Å²) in [6.45, 7) is 2.02. The van der Waals surface area contributed by atoms with E-state index in [-0.39, 0.29) is 11.5 Å². The van der Waals surface area contributed by atoms with E-state index in [0.29, 0.717) is 10.1 Å². The summed E-state index contributed by atoms with van der Waals surface area (Å²) in [4.78, 5) is 30.7. The van der Waals surface area contributed by atoms with Crippen LogP contribution in [0.1, 0.15) is 21.5 Å². The average molecular weight is 429 g/mol. The highest BCUT2D eigenvalue weighted by Crippen LogP contribution is 2.33. The number of hydrogen-bond acceptors (Lipinski definition) is 4. The molecular formula is C25H20N2O3S. The van der Waals surface area contributed by atoms with Gasteiger partial charge in [-0.15, -0.1) is 0 Å². The van der Waals surface area contributed by atoms with Gasteiger partial charge in [-0.25, -0.2) is 9.79 Å². The minimum absolute atomic E-state index is 0.103. The highest BCUT2D eigenvalue weighted by Gasteiger charge is 2.30. The van der Waals surface area contributed by atoms with E-state index in [9.17, 15) is 14.7 Å². The maximum atomic E-state index is 12.7. The van der Waals surface area contributed by atoms with Crippen molar-refractivity contribution in [1.29, 1.82) is 0 Å². The van der Waals surface area contributed by atoms with Crippen molar-refractivity contribution in [2.45, 2.75) is 6.92 Å². The molecule has 1 saturated heterocycles. The number of carbonyl (C=O) groups is 2. The maximum Gasteiger partial charge on any atom is 0.335 e. The first kappa shape index (κ1) is 20.6. The van der Waals surface area contributed by atoms with Gasteiger partial charge in [0.15, 0.2) is 5.17 Å². The molecule has 1 aliphatic rings. The summed E-state index contributed by atoms with van der Waals surface area (Å²) in [5.74, 6) is -1.06. The van der Waals surface area contributed by atoms with Gasteiger partial charge in [-0.05, 0) is 71.8 Å². The predicted molar refractivity (Wildman–Crippen MR) is 125 cm³/mol. The zero-order valence-corrected chi connectivity index (χ0v) is 17.9. The third-order valence-electron chi connectivity index (χ3n) is 4.89. The Morgan fingerprint density at radius 1 is 1.00 bits per heavy atom. The fourth-order valence-corrected chi connectivity index (χ4v) is 4.16. The Balaban J connectivity index is 1.62. The van der Waals surface area contributed by atoms with Gasteiger partial charge in [0.2, 0.25) is 0 Å². The van der Waals surface area contributed by atoms with Gasteiger partial charge in [0.1, 0.15) is 0 Å². The number of thioether (sulfide) groups is 1. The van der Waals surface area contributed by atoms with E-state index in [4.69, 9.17) is 0 Å². The molecule has 1 N–H and O–H groups in total. The van der Waals surface area contributed by atoms with E-state index in [1.807, 2.05) is 67.6 Å². The molecule has 3 aromatic carbocycles. The van der Waals surface area contributed by atoms with Gasteiger partial charge in [-0.1, -0.05) is 48.0 Å². The molecule has 1 amide bonds. The van der Waals surface area contributed by atoms with Gasteiger partial charge >= 0.3 is 5.97 Å². The molecule has 3 aromatic rings. The standard InChI is InChI=1S/C25H20N2O3S/c1-16-9-11-21(12-10-16)26-25-27(2)23(28)22(31-25)14-17-5-3-6-18(13-17)19-7-4-8-20(15-19)24(29)30/h3-15H,1-2H3,(H,29,30)/b22-14-,26-25?. The number of rotatable bonds is 4. The van der Waals surface area contributed by atoms with Crippen molar-refractivity contribution < 1.29 is 14.7 Å². The second-order valence-corrected chi connectivity index (χ2v) is 8.23. The quantitative estimate of drug-likeness (QED) is 0.550. The van der Waals surface area contributed by atoms with Crippen molar-refractivity contribution in [1.82, 2.24) is 4.90 Å². The Labute approximate surface area is 184 Å². The maximum absolute atomic E-state index is 12.7. The number of amides is 1. The Morgan fingerprint density at radius 3 is 2.39 bits per heavy atom. The van der Waals surface area contributed by atoms with Crippen LogP contribution < -0.4 is 0 Å². The Bertz CT molecular complexity index is 1230. The number of carboxylic acids is 1. The zero-order chi connectivity index (χ0) is 22.0. The van der Waals surface area contributed by atoms with Crippen LogP contribution in [0.5, 0.6) is 0 Å². The Hall–Kier alpha value is -3.64. The molecule has 0 unspecified atom stereocenters. The summed E-state index contributed by atoms with van der Waals surface area (Å²) in [6, 6.07) is 22.3. The van der Waals surface area contributed by atoms with Crippen LogP contribution in [0.2, 0.25) is 0 Å². The molecule has 0 radical (unpaired) electrons. The number of benzene rings is 3. The molecule has 31 heavy (non-hydrogen) atoms. The van der Waals surface area contributed by atoms with Crippen LogP contribution in [0.25, 0.3) is 17.2 Å². The third kappa shape index (κ3) is 4.59. The first-order chi connectivity index (χ1) is 14.9. The van der Waals surface area contributed by atoms with Crippen molar-refractivity contribution in [3.05, 3.63) is 94.4 Å². The number of carboxylic acid groups (broad SMARTS) is 1. The molecule has 0 saturated carbocycles. The van der Waals surface area contributed by atoms with Crippen molar-refractivity contribution >= 4 is 40.6 Å².